The highest BCUT2D eigenvalue weighted by atomic mass is 16.5. The second-order valence-electron chi connectivity index (χ2n) is 6.46. The standard InChI is InChI=1S/C18H22N6O2/c1-26-17-7-2-4-14(20-17)21-18-22-16-6-3-5-15(24(16)23-18)19-12-8-10-13(25)11-9-12/h2-7,12-13,19,25H,8-11H2,1H3,(H,20,21,23). The summed E-state index contributed by atoms with van der Waals surface area (Å²) in [6.45, 7) is 0. The van der Waals surface area contributed by atoms with Gasteiger partial charge in [0.1, 0.15) is 11.6 Å². The first kappa shape index (κ1) is 16.6. The van der Waals surface area contributed by atoms with Gasteiger partial charge in [0.05, 0.1) is 13.2 Å². The van der Waals surface area contributed by atoms with Crippen LogP contribution < -0.4 is 15.4 Å². The van der Waals surface area contributed by atoms with Crippen LogP contribution in [0.15, 0.2) is 36.4 Å². The van der Waals surface area contributed by atoms with Crippen LogP contribution in [0.25, 0.3) is 5.65 Å². The lowest BCUT2D eigenvalue weighted by molar-refractivity contribution is 0.126. The summed E-state index contributed by atoms with van der Waals surface area (Å²) in [6, 6.07) is 11.7. The van der Waals surface area contributed by atoms with Crippen LogP contribution in [0.3, 0.4) is 0 Å². The molecule has 1 aliphatic rings. The van der Waals surface area contributed by atoms with Crippen LogP contribution >= 0.6 is 0 Å². The molecule has 1 saturated carbocycles. The number of pyridine rings is 2. The summed E-state index contributed by atoms with van der Waals surface area (Å²) < 4.78 is 6.92. The monoisotopic (exact) mass is 354 g/mol. The Hall–Kier alpha value is -2.87. The smallest absolute Gasteiger partial charge is 0.248 e. The zero-order valence-corrected chi connectivity index (χ0v) is 14.6. The van der Waals surface area contributed by atoms with Crippen LogP contribution in [-0.2, 0) is 0 Å². The molecule has 0 saturated heterocycles. The van der Waals surface area contributed by atoms with Crippen LogP contribution in [-0.4, -0.2) is 43.9 Å². The molecule has 0 aliphatic heterocycles. The first-order chi connectivity index (χ1) is 12.7. The third kappa shape index (κ3) is 3.55. The van der Waals surface area contributed by atoms with Crippen molar-refractivity contribution in [2.24, 2.45) is 0 Å². The number of aliphatic hydroxyl groups is 1. The maximum Gasteiger partial charge on any atom is 0.248 e. The molecule has 0 radical (unpaired) electrons. The molecule has 3 aromatic heterocycles. The van der Waals surface area contributed by atoms with Gasteiger partial charge in [0.2, 0.25) is 11.8 Å². The molecular weight excluding hydrogens is 332 g/mol. The minimum atomic E-state index is -0.165. The van der Waals surface area contributed by atoms with Gasteiger partial charge in [-0.25, -0.2) is 0 Å². The number of methoxy groups -OCH3 is 1. The maximum absolute atomic E-state index is 9.67. The lowest BCUT2D eigenvalue weighted by Crippen LogP contribution is -2.29. The predicted molar refractivity (Wildman–Crippen MR) is 98.9 cm³/mol. The summed E-state index contributed by atoms with van der Waals surface area (Å²) in [5.41, 5.74) is 0.747. The molecule has 3 aromatic rings. The molecule has 26 heavy (non-hydrogen) atoms. The van der Waals surface area contributed by atoms with E-state index < -0.39 is 0 Å². The van der Waals surface area contributed by atoms with Gasteiger partial charge in [-0.1, -0.05) is 12.1 Å². The Morgan fingerprint density at radius 1 is 1.08 bits per heavy atom. The average molecular weight is 354 g/mol. The summed E-state index contributed by atoms with van der Waals surface area (Å²) >= 11 is 0. The highest BCUT2D eigenvalue weighted by molar-refractivity contribution is 5.56. The van der Waals surface area contributed by atoms with Crippen molar-refractivity contribution in [1.82, 2.24) is 19.6 Å². The van der Waals surface area contributed by atoms with E-state index in [4.69, 9.17) is 4.74 Å². The molecular formula is C18H22N6O2. The Kier molecular flexibility index (Phi) is 4.57. The summed E-state index contributed by atoms with van der Waals surface area (Å²) in [5.74, 6) is 2.51. The predicted octanol–water partition coefficient (Wildman–Crippen LogP) is 2.59. The van der Waals surface area contributed by atoms with Crippen molar-refractivity contribution in [1.29, 1.82) is 0 Å². The van der Waals surface area contributed by atoms with E-state index in [2.05, 4.69) is 25.7 Å². The van der Waals surface area contributed by atoms with Crippen LogP contribution in [0, 0.1) is 0 Å². The zero-order valence-electron chi connectivity index (χ0n) is 14.6. The molecule has 8 nitrogen and oxygen atoms in total. The number of rotatable bonds is 5. The van der Waals surface area contributed by atoms with E-state index in [1.54, 1.807) is 17.7 Å². The highest BCUT2D eigenvalue weighted by Gasteiger charge is 2.20. The Morgan fingerprint density at radius 3 is 2.69 bits per heavy atom. The first-order valence-corrected chi connectivity index (χ1v) is 8.80. The van der Waals surface area contributed by atoms with Crippen molar-refractivity contribution >= 4 is 23.2 Å². The van der Waals surface area contributed by atoms with E-state index in [9.17, 15) is 5.11 Å². The molecule has 0 aromatic carbocycles. The van der Waals surface area contributed by atoms with Crippen LogP contribution in [0.5, 0.6) is 5.88 Å². The number of hydrogen-bond acceptors (Lipinski definition) is 7. The number of anilines is 3. The largest absolute Gasteiger partial charge is 0.481 e. The normalized spacial score (nSPS) is 20.1. The number of hydrogen-bond donors (Lipinski definition) is 3. The minimum absolute atomic E-state index is 0.165. The molecule has 0 spiro atoms. The van der Waals surface area contributed by atoms with Gasteiger partial charge in [-0.3, -0.25) is 0 Å². The van der Waals surface area contributed by atoms with E-state index in [1.165, 1.54) is 0 Å². The summed E-state index contributed by atoms with van der Waals surface area (Å²) in [7, 11) is 1.58. The number of fused-ring (bicyclic) bond motifs is 1. The van der Waals surface area contributed by atoms with Gasteiger partial charge in [0.25, 0.3) is 0 Å². The molecule has 8 heteroatoms. The van der Waals surface area contributed by atoms with Crippen molar-refractivity contribution in [3.8, 4) is 5.88 Å². The van der Waals surface area contributed by atoms with Gasteiger partial charge in [0, 0.05) is 12.1 Å². The van der Waals surface area contributed by atoms with Gasteiger partial charge >= 0.3 is 0 Å². The lowest BCUT2D eigenvalue weighted by atomic mass is 9.93. The van der Waals surface area contributed by atoms with Gasteiger partial charge in [-0.15, -0.1) is 5.10 Å². The summed E-state index contributed by atoms with van der Waals surface area (Å²) in [6.07, 6.45) is 3.40. The van der Waals surface area contributed by atoms with E-state index in [-0.39, 0.29) is 6.10 Å². The molecule has 1 aliphatic carbocycles. The third-order valence-electron chi connectivity index (χ3n) is 4.58. The topological polar surface area (TPSA) is 96.6 Å². The number of ether oxygens (including phenoxy) is 1. The Labute approximate surface area is 151 Å². The van der Waals surface area contributed by atoms with E-state index in [0.29, 0.717) is 23.7 Å². The van der Waals surface area contributed by atoms with Gasteiger partial charge in [-0.05, 0) is 43.9 Å². The van der Waals surface area contributed by atoms with Crippen LogP contribution in [0.4, 0.5) is 17.6 Å². The fourth-order valence-corrected chi connectivity index (χ4v) is 3.21. The minimum Gasteiger partial charge on any atom is -0.481 e. The number of nitrogens with zero attached hydrogens (tertiary/aromatic N) is 4. The van der Waals surface area contributed by atoms with E-state index >= 15 is 0 Å². The van der Waals surface area contributed by atoms with Gasteiger partial charge < -0.3 is 20.5 Å². The SMILES string of the molecule is COc1cccc(Nc2nc3cccc(NC4CCC(O)CC4)n3n2)n1. The van der Waals surface area contributed by atoms with Crippen molar-refractivity contribution in [2.45, 2.75) is 37.8 Å². The third-order valence-corrected chi connectivity index (χ3v) is 4.58. The van der Waals surface area contributed by atoms with E-state index in [0.717, 1.165) is 37.1 Å². The Balaban J connectivity index is 1.55. The van der Waals surface area contributed by atoms with E-state index in [1.807, 2.05) is 30.3 Å². The Morgan fingerprint density at radius 2 is 1.88 bits per heavy atom. The number of nitrogens with one attached hydrogen (secondary N) is 2. The molecule has 3 N–H and O–H groups in total. The number of aliphatic hydroxyl groups excluding tert-OH is 1. The Bertz CT molecular complexity index is 888. The molecule has 0 amide bonds. The summed E-state index contributed by atoms with van der Waals surface area (Å²) in [5, 5.41) is 20.8. The van der Waals surface area contributed by atoms with Crippen LogP contribution in [0.2, 0.25) is 0 Å². The molecule has 0 unspecified atom stereocenters. The van der Waals surface area contributed by atoms with Crippen molar-refractivity contribution in [3.05, 3.63) is 36.4 Å². The zero-order chi connectivity index (χ0) is 17.9. The van der Waals surface area contributed by atoms with Crippen molar-refractivity contribution < 1.29 is 9.84 Å². The molecule has 3 heterocycles. The second kappa shape index (κ2) is 7.17. The molecule has 4 rings (SSSR count). The molecule has 136 valence electrons. The first-order valence-electron chi connectivity index (χ1n) is 8.80. The van der Waals surface area contributed by atoms with Crippen molar-refractivity contribution in [2.75, 3.05) is 17.7 Å². The lowest BCUT2D eigenvalue weighted by Gasteiger charge is -2.26. The second-order valence-corrected chi connectivity index (χ2v) is 6.46. The van der Waals surface area contributed by atoms with Gasteiger partial charge in [0.15, 0.2) is 5.65 Å². The highest BCUT2D eigenvalue weighted by Crippen LogP contribution is 2.23. The molecule has 0 bridgehead atoms. The van der Waals surface area contributed by atoms with Crippen LogP contribution in [0.1, 0.15) is 25.7 Å². The fraction of sp³-hybridized carbons (Fsp3) is 0.389. The van der Waals surface area contributed by atoms with Gasteiger partial charge in [-0.2, -0.15) is 14.5 Å². The number of aromatic nitrogens is 4. The fourth-order valence-electron chi connectivity index (χ4n) is 3.21. The average Bonchev–Trinajstić information content (AvgIpc) is 3.07. The van der Waals surface area contributed by atoms with Crippen molar-refractivity contribution in [3.63, 3.8) is 0 Å². The molecule has 1 fully saturated rings. The maximum atomic E-state index is 9.67. The summed E-state index contributed by atoms with van der Waals surface area (Å²) in [4.78, 5) is 8.83. The molecule has 0 atom stereocenters. The quantitative estimate of drug-likeness (QED) is 0.648.